The lowest BCUT2D eigenvalue weighted by Crippen LogP contribution is -2.37. The molecule has 1 unspecified atom stereocenters. The van der Waals surface area contributed by atoms with Crippen LogP contribution < -0.4 is 0 Å². The third-order valence-electron chi connectivity index (χ3n) is 4.02. The summed E-state index contributed by atoms with van der Waals surface area (Å²) in [6.45, 7) is 12.2. The van der Waals surface area contributed by atoms with Crippen molar-refractivity contribution in [3.05, 3.63) is 34.9 Å². The van der Waals surface area contributed by atoms with Crippen LogP contribution in [0.25, 0.3) is 0 Å². The number of rotatable bonds is 7. The molecule has 0 spiro atoms. The Morgan fingerprint density at radius 3 is 2.26 bits per heavy atom. The number of carbonyl (C=O) groups is 1. The van der Waals surface area contributed by atoms with Crippen molar-refractivity contribution in [1.29, 1.82) is 0 Å². The third kappa shape index (κ3) is 4.46. The van der Waals surface area contributed by atoms with Crippen molar-refractivity contribution in [2.24, 2.45) is 0 Å². The first-order valence-electron chi connectivity index (χ1n) is 7.30. The first-order chi connectivity index (χ1) is 8.99. The van der Waals surface area contributed by atoms with Crippen LogP contribution in [-0.2, 0) is 11.2 Å². The molecule has 0 saturated carbocycles. The summed E-state index contributed by atoms with van der Waals surface area (Å²) in [5.41, 5.74) is 3.65. The molecule has 2 heteroatoms. The summed E-state index contributed by atoms with van der Waals surface area (Å²) in [7, 11) is 0. The monoisotopic (exact) mass is 261 g/mol. The zero-order chi connectivity index (χ0) is 14.4. The van der Waals surface area contributed by atoms with Gasteiger partial charge in [0.15, 0.2) is 5.78 Å². The van der Waals surface area contributed by atoms with Crippen LogP contribution in [0.1, 0.15) is 43.9 Å². The number of benzene rings is 1. The van der Waals surface area contributed by atoms with Gasteiger partial charge in [-0.25, -0.2) is 0 Å². The van der Waals surface area contributed by atoms with Gasteiger partial charge in [-0.2, -0.15) is 0 Å². The molecule has 0 aromatic heterocycles. The molecule has 1 rings (SSSR count). The average Bonchev–Trinajstić information content (AvgIpc) is 2.39. The maximum absolute atomic E-state index is 12.3. The molecule has 0 fully saturated rings. The molecule has 19 heavy (non-hydrogen) atoms. The second-order valence-electron chi connectivity index (χ2n) is 5.41. The lowest BCUT2D eigenvalue weighted by molar-refractivity contribution is -0.120. The second-order valence-corrected chi connectivity index (χ2v) is 5.41. The van der Waals surface area contributed by atoms with Crippen LogP contribution in [0, 0.1) is 13.8 Å². The Bertz CT molecular complexity index is 405. The van der Waals surface area contributed by atoms with Gasteiger partial charge in [-0.3, -0.25) is 9.69 Å². The van der Waals surface area contributed by atoms with Gasteiger partial charge in [-0.1, -0.05) is 32.0 Å². The Morgan fingerprint density at radius 1 is 1.21 bits per heavy atom. The standard InChI is InChI=1S/C17H27NO/c1-6-15(5)18(7-2)12-16(19)11-17-13(3)9-8-10-14(17)4/h8-10,15H,6-7,11-12H2,1-5H3. The van der Waals surface area contributed by atoms with Gasteiger partial charge in [0.05, 0.1) is 6.54 Å². The molecule has 0 N–H and O–H groups in total. The Kier molecular flexibility index (Phi) is 6.23. The number of Topliss-reactive ketones (excluding diaryl/α,β-unsaturated/α-hetero) is 1. The number of nitrogens with zero attached hydrogens (tertiary/aromatic N) is 1. The molecule has 0 radical (unpaired) electrons. The summed E-state index contributed by atoms with van der Waals surface area (Å²) in [5, 5.41) is 0. The van der Waals surface area contributed by atoms with E-state index in [1.54, 1.807) is 0 Å². The fourth-order valence-corrected chi connectivity index (χ4v) is 2.44. The van der Waals surface area contributed by atoms with Gasteiger partial charge >= 0.3 is 0 Å². The minimum atomic E-state index is 0.319. The van der Waals surface area contributed by atoms with Crippen molar-refractivity contribution in [1.82, 2.24) is 4.90 Å². The molecule has 0 aliphatic carbocycles. The molecule has 2 nitrogen and oxygen atoms in total. The van der Waals surface area contributed by atoms with Crippen LogP contribution in [-0.4, -0.2) is 29.8 Å². The summed E-state index contributed by atoms with van der Waals surface area (Å²) in [6.07, 6.45) is 1.65. The highest BCUT2D eigenvalue weighted by Gasteiger charge is 2.15. The number of hydrogen-bond acceptors (Lipinski definition) is 2. The van der Waals surface area contributed by atoms with E-state index in [-0.39, 0.29) is 0 Å². The van der Waals surface area contributed by atoms with Crippen molar-refractivity contribution < 1.29 is 4.79 Å². The van der Waals surface area contributed by atoms with Crippen molar-refractivity contribution in [3.8, 4) is 0 Å². The number of hydrogen-bond donors (Lipinski definition) is 0. The van der Waals surface area contributed by atoms with Crippen LogP contribution in [0.5, 0.6) is 0 Å². The van der Waals surface area contributed by atoms with Crippen LogP contribution in [0.4, 0.5) is 0 Å². The molecular formula is C17H27NO. The molecule has 1 aromatic carbocycles. The second kappa shape index (κ2) is 7.44. The Labute approximate surface area is 117 Å². The predicted octanol–water partition coefficient (Wildman–Crippen LogP) is 3.54. The summed E-state index contributed by atoms with van der Waals surface area (Å²) >= 11 is 0. The van der Waals surface area contributed by atoms with E-state index in [0.717, 1.165) is 13.0 Å². The van der Waals surface area contributed by atoms with Gasteiger partial charge in [-0.05, 0) is 50.4 Å². The van der Waals surface area contributed by atoms with E-state index in [1.165, 1.54) is 16.7 Å². The molecule has 0 amide bonds. The van der Waals surface area contributed by atoms with Crippen LogP contribution in [0.3, 0.4) is 0 Å². The number of ketones is 1. The van der Waals surface area contributed by atoms with Crippen molar-refractivity contribution in [2.45, 2.75) is 53.5 Å². The largest absolute Gasteiger partial charge is 0.298 e. The van der Waals surface area contributed by atoms with Gasteiger partial charge in [0.1, 0.15) is 0 Å². The number of likely N-dealkylation sites (N-methyl/N-ethyl adjacent to an activating group) is 1. The lowest BCUT2D eigenvalue weighted by atomic mass is 9.98. The maximum atomic E-state index is 12.3. The number of aryl methyl sites for hydroxylation is 2. The normalized spacial score (nSPS) is 12.7. The van der Waals surface area contributed by atoms with Crippen LogP contribution in [0.2, 0.25) is 0 Å². The van der Waals surface area contributed by atoms with Gasteiger partial charge in [0.2, 0.25) is 0 Å². The summed E-state index contributed by atoms with van der Waals surface area (Å²) in [4.78, 5) is 14.5. The van der Waals surface area contributed by atoms with Gasteiger partial charge in [0, 0.05) is 12.5 Å². The van der Waals surface area contributed by atoms with Gasteiger partial charge in [0.25, 0.3) is 0 Å². The van der Waals surface area contributed by atoms with E-state index in [2.05, 4.69) is 57.7 Å². The third-order valence-corrected chi connectivity index (χ3v) is 4.02. The van der Waals surface area contributed by atoms with E-state index in [9.17, 15) is 4.79 Å². The van der Waals surface area contributed by atoms with Gasteiger partial charge in [-0.15, -0.1) is 0 Å². The van der Waals surface area contributed by atoms with E-state index in [4.69, 9.17) is 0 Å². The van der Waals surface area contributed by atoms with Crippen molar-refractivity contribution in [3.63, 3.8) is 0 Å². The lowest BCUT2D eigenvalue weighted by Gasteiger charge is -2.26. The predicted molar refractivity (Wildman–Crippen MR) is 81.6 cm³/mol. The molecule has 0 aliphatic rings. The van der Waals surface area contributed by atoms with E-state index in [0.29, 0.717) is 24.8 Å². The highest BCUT2D eigenvalue weighted by atomic mass is 16.1. The summed E-state index contributed by atoms with van der Waals surface area (Å²) in [5.74, 6) is 0.319. The molecule has 0 saturated heterocycles. The highest BCUT2D eigenvalue weighted by molar-refractivity contribution is 5.83. The summed E-state index contributed by atoms with van der Waals surface area (Å²) in [6, 6.07) is 6.70. The molecule has 0 heterocycles. The SMILES string of the molecule is CCC(C)N(CC)CC(=O)Cc1c(C)cccc1C. The fraction of sp³-hybridized carbons (Fsp3) is 0.588. The van der Waals surface area contributed by atoms with E-state index in [1.807, 2.05) is 0 Å². The quantitative estimate of drug-likeness (QED) is 0.748. The average molecular weight is 261 g/mol. The number of carbonyl (C=O) groups excluding carboxylic acids is 1. The first kappa shape index (κ1) is 15.9. The topological polar surface area (TPSA) is 20.3 Å². The van der Waals surface area contributed by atoms with Gasteiger partial charge < -0.3 is 0 Å². The molecule has 0 aliphatic heterocycles. The minimum absolute atomic E-state index is 0.319. The zero-order valence-corrected chi connectivity index (χ0v) is 13.0. The molecule has 1 atom stereocenters. The molecular weight excluding hydrogens is 234 g/mol. The van der Waals surface area contributed by atoms with E-state index < -0.39 is 0 Å². The van der Waals surface area contributed by atoms with Crippen LogP contribution in [0.15, 0.2) is 18.2 Å². The van der Waals surface area contributed by atoms with Crippen LogP contribution >= 0.6 is 0 Å². The molecule has 106 valence electrons. The molecule has 0 bridgehead atoms. The smallest absolute Gasteiger partial charge is 0.151 e. The summed E-state index contributed by atoms with van der Waals surface area (Å²) < 4.78 is 0. The zero-order valence-electron chi connectivity index (χ0n) is 13.0. The Balaban J connectivity index is 2.70. The molecule has 1 aromatic rings. The van der Waals surface area contributed by atoms with Crippen molar-refractivity contribution in [2.75, 3.05) is 13.1 Å². The fourth-order valence-electron chi connectivity index (χ4n) is 2.44. The Hall–Kier alpha value is -1.15. The maximum Gasteiger partial charge on any atom is 0.151 e. The highest BCUT2D eigenvalue weighted by Crippen LogP contribution is 2.15. The first-order valence-corrected chi connectivity index (χ1v) is 7.30. The van der Waals surface area contributed by atoms with Crippen molar-refractivity contribution >= 4 is 5.78 Å². The van der Waals surface area contributed by atoms with E-state index >= 15 is 0 Å². The minimum Gasteiger partial charge on any atom is -0.298 e. The Morgan fingerprint density at radius 2 is 1.79 bits per heavy atom.